The molecule has 0 spiro atoms. The van der Waals surface area contributed by atoms with Gasteiger partial charge in [-0.3, -0.25) is 10.1 Å². The lowest BCUT2D eigenvalue weighted by molar-refractivity contribution is -0.135. The molecule has 1 amide bonds. The van der Waals surface area contributed by atoms with E-state index in [1.807, 2.05) is 0 Å². The quantitative estimate of drug-likeness (QED) is 0.279. The van der Waals surface area contributed by atoms with Gasteiger partial charge in [0.15, 0.2) is 5.17 Å². The summed E-state index contributed by atoms with van der Waals surface area (Å²) >= 11 is 0.902. The van der Waals surface area contributed by atoms with E-state index >= 15 is 0 Å². The lowest BCUT2D eigenvalue weighted by atomic mass is 10.0. The Morgan fingerprint density at radius 3 is 2.75 bits per heavy atom. The Morgan fingerprint density at radius 1 is 1.25 bits per heavy atom. The molecule has 10 heteroatoms. The number of rotatable bonds is 4. The van der Waals surface area contributed by atoms with Gasteiger partial charge in [0.1, 0.15) is 5.82 Å². The van der Waals surface area contributed by atoms with Crippen LogP contribution in [0.3, 0.4) is 0 Å². The van der Waals surface area contributed by atoms with Crippen LogP contribution < -0.4 is 5.32 Å². The smallest absolute Gasteiger partial charge is 0.331 e. The second kappa shape index (κ2) is 8.53. The lowest BCUT2D eigenvalue weighted by Crippen LogP contribution is -2.19. The summed E-state index contributed by atoms with van der Waals surface area (Å²) in [4.78, 5) is 26.6. The number of carbonyl (C=O) groups is 2. The molecule has 1 aliphatic rings. The van der Waals surface area contributed by atoms with Crippen molar-refractivity contribution in [2.75, 3.05) is 7.11 Å². The third-order valence-corrected chi connectivity index (χ3v) is 4.40. The highest BCUT2D eigenvalue weighted by Gasteiger charge is 2.25. The SMILES string of the molecule is COC(=O)/C=C1/S/C(=N\N=Cc2cc(-c3ccc(F)nc3)ccc2F)NC1=O. The zero-order valence-corrected chi connectivity index (χ0v) is 15.2. The molecule has 1 aliphatic heterocycles. The summed E-state index contributed by atoms with van der Waals surface area (Å²) < 4.78 is 31.4. The number of thioether (sulfide) groups is 1. The van der Waals surface area contributed by atoms with Gasteiger partial charge in [-0.2, -0.15) is 9.49 Å². The second-order valence-corrected chi connectivity index (χ2v) is 6.37. The summed E-state index contributed by atoms with van der Waals surface area (Å²) in [6, 6.07) is 7.02. The number of carbonyl (C=O) groups excluding carboxylic acids is 2. The largest absolute Gasteiger partial charge is 0.466 e. The molecule has 1 aromatic heterocycles. The summed E-state index contributed by atoms with van der Waals surface area (Å²) in [5.74, 6) is -2.32. The molecular formula is C18H12F2N4O3S. The van der Waals surface area contributed by atoms with Crippen molar-refractivity contribution in [3.05, 3.63) is 64.8 Å². The van der Waals surface area contributed by atoms with Crippen LogP contribution in [-0.2, 0) is 14.3 Å². The third-order valence-electron chi connectivity index (χ3n) is 3.50. The minimum Gasteiger partial charge on any atom is -0.466 e. The Morgan fingerprint density at radius 2 is 2.04 bits per heavy atom. The van der Waals surface area contributed by atoms with E-state index in [2.05, 4.69) is 25.2 Å². The van der Waals surface area contributed by atoms with Crippen LogP contribution in [0, 0.1) is 11.8 Å². The minimum atomic E-state index is -0.670. The zero-order valence-electron chi connectivity index (χ0n) is 14.3. The molecule has 0 radical (unpaired) electrons. The first-order chi connectivity index (χ1) is 13.5. The summed E-state index contributed by atoms with van der Waals surface area (Å²) in [5.41, 5.74) is 1.37. The number of nitrogens with one attached hydrogen (secondary N) is 1. The maximum absolute atomic E-state index is 14.0. The van der Waals surface area contributed by atoms with E-state index < -0.39 is 23.6 Å². The summed E-state index contributed by atoms with van der Waals surface area (Å²) in [6.45, 7) is 0. The zero-order chi connectivity index (χ0) is 20.1. The van der Waals surface area contributed by atoms with Gasteiger partial charge in [0.05, 0.1) is 18.2 Å². The van der Waals surface area contributed by atoms with E-state index in [1.54, 1.807) is 0 Å². The van der Waals surface area contributed by atoms with Crippen LogP contribution in [0.2, 0.25) is 0 Å². The molecule has 1 fully saturated rings. The van der Waals surface area contributed by atoms with E-state index in [-0.39, 0.29) is 15.6 Å². The summed E-state index contributed by atoms with van der Waals surface area (Å²) in [7, 11) is 1.20. The van der Waals surface area contributed by atoms with E-state index in [0.29, 0.717) is 11.1 Å². The van der Waals surface area contributed by atoms with Crippen molar-refractivity contribution in [2.24, 2.45) is 10.2 Å². The van der Waals surface area contributed by atoms with Gasteiger partial charge in [0.2, 0.25) is 5.95 Å². The Bertz CT molecular complexity index is 1020. The molecule has 1 saturated heterocycles. The molecule has 0 atom stereocenters. The first-order valence-electron chi connectivity index (χ1n) is 7.77. The molecule has 28 heavy (non-hydrogen) atoms. The van der Waals surface area contributed by atoms with Gasteiger partial charge in [-0.1, -0.05) is 6.07 Å². The first-order valence-corrected chi connectivity index (χ1v) is 8.59. The second-order valence-electron chi connectivity index (χ2n) is 5.34. The maximum atomic E-state index is 14.0. The van der Waals surface area contributed by atoms with Gasteiger partial charge < -0.3 is 4.74 Å². The van der Waals surface area contributed by atoms with Crippen LogP contribution >= 0.6 is 11.8 Å². The van der Waals surface area contributed by atoms with Crippen molar-refractivity contribution in [3.63, 3.8) is 0 Å². The predicted octanol–water partition coefficient (Wildman–Crippen LogP) is 2.64. The average molecular weight is 402 g/mol. The number of esters is 1. The Balaban J connectivity index is 1.77. The number of halogens is 2. The van der Waals surface area contributed by atoms with Gasteiger partial charge in [-0.25, -0.2) is 14.2 Å². The molecular weight excluding hydrogens is 390 g/mol. The molecule has 1 aromatic carbocycles. The molecule has 2 heterocycles. The first kappa shape index (κ1) is 19.4. The van der Waals surface area contributed by atoms with Crippen molar-refractivity contribution >= 4 is 35.0 Å². The van der Waals surface area contributed by atoms with E-state index in [1.165, 1.54) is 49.9 Å². The van der Waals surface area contributed by atoms with Crippen LogP contribution in [0.4, 0.5) is 8.78 Å². The van der Waals surface area contributed by atoms with Crippen molar-refractivity contribution in [1.29, 1.82) is 0 Å². The molecule has 7 nitrogen and oxygen atoms in total. The highest BCUT2D eigenvalue weighted by molar-refractivity contribution is 8.18. The lowest BCUT2D eigenvalue weighted by Gasteiger charge is -2.03. The standard InChI is InChI=1S/C18H12F2N4O3S/c1-27-16(25)7-14-17(26)23-18(28-14)24-22-9-12-6-10(2-4-13(12)19)11-3-5-15(20)21-8-11/h2-9H,1H3,(H,23,24,26)/b14-7+,22-9?. The van der Waals surface area contributed by atoms with Gasteiger partial charge >= 0.3 is 5.97 Å². The number of hydrogen-bond donors (Lipinski definition) is 1. The minimum absolute atomic E-state index is 0.109. The molecule has 142 valence electrons. The Hall–Kier alpha value is -3.40. The fraction of sp³-hybridized carbons (Fsp3) is 0.0556. The van der Waals surface area contributed by atoms with Crippen molar-refractivity contribution in [3.8, 4) is 11.1 Å². The Labute approximate surface area is 162 Å². The van der Waals surface area contributed by atoms with Crippen LogP contribution in [0.1, 0.15) is 5.56 Å². The van der Waals surface area contributed by atoms with E-state index in [4.69, 9.17) is 0 Å². The molecule has 0 saturated carbocycles. The van der Waals surface area contributed by atoms with Crippen LogP contribution in [0.25, 0.3) is 11.1 Å². The van der Waals surface area contributed by atoms with Crippen LogP contribution in [0.15, 0.2) is 57.7 Å². The number of methoxy groups -OCH3 is 1. The normalized spacial score (nSPS) is 16.8. The Kier molecular flexibility index (Phi) is 5.90. The predicted molar refractivity (Wildman–Crippen MR) is 100 cm³/mol. The van der Waals surface area contributed by atoms with Gasteiger partial charge in [-0.15, -0.1) is 5.10 Å². The highest BCUT2D eigenvalue weighted by atomic mass is 32.2. The van der Waals surface area contributed by atoms with Gasteiger partial charge in [0, 0.05) is 23.4 Å². The van der Waals surface area contributed by atoms with Crippen LogP contribution in [0.5, 0.6) is 0 Å². The molecule has 0 aliphatic carbocycles. The van der Waals surface area contributed by atoms with Gasteiger partial charge in [-0.05, 0) is 41.6 Å². The summed E-state index contributed by atoms with van der Waals surface area (Å²) in [6.07, 6.45) is 3.55. The van der Waals surface area contributed by atoms with Gasteiger partial charge in [0.25, 0.3) is 5.91 Å². The number of amides is 1. The van der Waals surface area contributed by atoms with Crippen molar-refractivity contribution in [1.82, 2.24) is 10.3 Å². The monoisotopic (exact) mass is 402 g/mol. The topological polar surface area (TPSA) is 93.0 Å². The number of benzene rings is 1. The van der Waals surface area contributed by atoms with Crippen molar-refractivity contribution in [2.45, 2.75) is 0 Å². The maximum Gasteiger partial charge on any atom is 0.331 e. The summed E-state index contributed by atoms with van der Waals surface area (Å²) in [5, 5.41) is 10.1. The van der Waals surface area contributed by atoms with E-state index in [9.17, 15) is 18.4 Å². The number of pyridine rings is 1. The highest BCUT2D eigenvalue weighted by Crippen LogP contribution is 2.24. The number of nitrogens with zero attached hydrogens (tertiary/aromatic N) is 3. The molecule has 3 rings (SSSR count). The fourth-order valence-corrected chi connectivity index (χ4v) is 2.89. The number of amidine groups is 1. The van der Waals surface area contributed by atoms with E-state index in [0.717, 1.165) is 17.8 Å². The number of aromatic nitrogens is 1. The molecule has 0 unspecified atom stereocenters. The third kappa shape index (κ3) is 4.65. The fourth-order valence-electron chi connectivity index (χ4n) is 2.15. The number of hydrogen-bond acceptors (Lipinski definition) is 7. The average Bonchev–Trinajstić information content (AvgIpc) is 3.03. The molecule has 2 aromatic rings. The number of ether oxygens (including phenoxy) is 1. The van der Waals surface area contributed by atoms with Crippen molar-refractivity contribution < 1.29 is 23.1 Å². The van der Waals surface area contributed by atoms with Crippen LogP contribution in [-0.4, -0.2) is 35.4 Å². The molecule has 1 N–H and O–H groups in total. The molecule has 0 bridgehead atoms.